The van der Waals surface area contributed by atoms with Gasteiger partial charge in [0, 0.05) is 23.4 Å². The summed E-state index contributed by atoms with van der Waals surface area (Å²) in [5, 5.41) is 0. The summed E-state index contributed by atoms with van der Waals surface area (Å²) in [4.78, 5) is 8.06. The molecule has 36 heavy (non-hydrogen) atoms. The van der Waals surface area contributed by atoms with Crippen LogP contribution in [0.3, 0.4) is 0 Å². The van der Waals surface area contributed by atoms with Gasteiger partial charge in [-0.25, -0.2) is 4.98 Å². The van der Waals surface area contributed by atoms with E-state index in [2.05, 4.69) is 59.6 Å². The van der Waals surface area contributed by atoms with Crippen LogP contribution >= 0.6 is 0 Å². The largest absolute Gasteiger partial charge is 0.478 e. The fourth-order valence-corrected chi connectivity index (χ4v) is 4.64. The van der Waals surface area contributed by atoms with E-state index >= 15 is 0 Å². The first-order valence-electron chi connectivity index (χ1n) is 11.9. The molecule has 0 fully saturated rings. The van der Waals surface area contributed by atoms with E-state index in [9.17, 15) is 0 Å². The van der Waals surface area contributed by atoms with Gasteiger partial charge < -0.3 is 21.2 Å². The Balaban J connectivity index is 1.27. The zero-order valence-corrected chi connectivity index (χ0v) is 19.7. The molecule has 1 aromatic heterocycles. The molecular weight excluding hydrogens is 444 g/mol. The average Bonchev–Trinajstić information content (AvgIpc) is 3.34. The maximum absolute atomic E-state index is 6.57. The van der Waals surface area contributed by atoms with Gasteiger partial charge in [-0.05, 0) is 65.2 Å². The molecule has 4 aromatic carbocycles. The molecule has 0 saturated heterocycles. The Bertz CT molecular complexity index is 1580. The smallest absolute Gasteiger partial charge is 0.156 e. The standard InChI is InChI=1S/C31H26N4O/c32-25-10-13-27(14-11-25)36-31(24-4-2-1-3-5-24)18-16-22(17-19-31)21-6-8-23(9-7-21)30-34-28-15-12-26(33)20-29(28)35-30/h1-18,20H,19,32-33H2,(H,34,35). The van der Waals surface area contributed by atoms with E-state index in [-0.39, 0.29) is 0 Å². The number of nitrogens with zero attached hydrogens (tertiary/aromatic N) is 1. The number of nitrogens with one attached hydrogen (secondary N) is 1. The fraction of sp³-hybridized carbons (Fsp3) is 0.0645. The summed E-state index contributed by atoms with van der Waals surface area (Å²) >= 11 is 0. The second-order valence-electron chi connectivity index (χ2n) is 9.06. The molecule has 0 amide bonds. The fourth-order valence-electron chi connectivity index (χ4n) is 4.64. The predicted molar refractivity (Wildman–Crippen MR) is 147 cm³/mol. The lowest BCUT2D eigenvalue weighted by Gasteiger charge is -2.34. The predicted octanol–water partition coefficient (Wildman–Crippen LogP) is 6.71. The number of benzene rings is 4. The van der Waals surface area contributed by atoms with Crippen molar-refractivity contribution in [1.82, 2.24) is 9.97 Å². The van der Waals surface area contributed by atoms with Gasteiger partial charge in [0.2, 0.25) is 0 Å². The molecule has 176 valence electrons. The van der Waals surface area contributed by atoms with E-state index in [0.717, 1.165) is 50.6 Å². The highest BCUT2D eigenvalue weighted by Crippen LogP contribution is 2.39. The normalized spacial score (nSPS) is 17.2. The van der Waals surface area contributed by atoms with Gasteiger partial charge in [0.25, 0.3) is 0 Å². The lowest BCUT2D eigenvalue weighted by molar-refractivity contribution is 0.122. The number of H-pyrrole nitrogens is 1. The summed E-state index contributed by atoms with van der Waals surface area (Å²) in [5.74, 6) is 1.61. The molecule has 1 aliphatic carbocycles. The summed E-state index contributed by atoms with van der Waals surface area (Å²) in [6.45, 7) is 0. The molecular formula is C31H26N4O. The molecule has 1 atom stereocenters. The molecule has 6 rings (SSSR count). The van der Waals surface area contributed by atoms with Crippen LogP contribution in [-0.4, -0.2) is 9.97 Å². The number of nitrogen functional groups attached to an aromatic ring is 2. The van der Waals surface area contributed by atoms with Crippen LogP contribution in [0.2, 0.25) is 0 Å². The van der Waals surface area contributed by atoms with E-state index in [4.69, 9.17) is 21.2 Å². The average molecular weight is 471 g/mol. The van der Waals surface area contributed by atoms with Crippen LogP contribution in [-0.2, 0) is 5.60 Å². The van der Waals surface area contributed by atoms with Crippen LogP contribution in [0.1, 0.15) is 17.5 Å². The van der Waals surface area contributed by atoms with Crippen molar-refractivity contribution in [3.63, 3.8) is 0 Å². The Morgan fingerprint density at radius 2 is 1.50 bits per heavy atom. The van der Waals surface area contributed by atoms with Gasteiger partial charge in [0.15, 0.2) is 5.60 Å². The van der Waals surface area contributed by atoms with Crippen LogP contribution in [0.25, 0.3) is 28.0 Å². The van der Waals surface area contributed by atoms with Gasteiger partial charge in [-0.3, -0.25) is 0 Å². The third-order valence-electron chi connectivity index (χ3n) is 6.60. The Morgan fingerprint density at radius 1 is 0.778 bits per heavy atom. The van der Waals surface area contributed by atoms with Crippen molar-refractivity contribution in [2.75, 3.05) is 11.5 Å². The Morgan fingerprint density at radius 3 is 2.22 bits per heavy atom. The van der Waals surface area contributed by atoms with E-state index in [1.807, 2.05) is 60.7 Å². The van der Waals surface area contributed by atoms with Gasteiger partial charge in [-0.2, -0.15) is 0 Å². The summed E-state index contributed by atoms with van der Waals surface area (Å²) in [7, 11) is 0. The van der Waals surface area contributed by atoms with Gasteiger partial charge in [0.1, 0.15) is 11.6 Å². The van der Waals surface area contributed by atoms with Crippen molar-refractivity contribution in [3.05, 3.63) is 126 Å². The second kappa shape index (κ2) is 8.78. The molecule has 5 heteroatoms. The minimum atomic E-state index is -0.586. The monoisotopic (exact) mass is 470 g/mol. The van der Waals surface area contributed by atoms with E-state index in [1.54, 1.807) is 0 Å². The van der Waals surface area contributed by atoms with Crippen molar-refractivity contribution in [3.8, 4) is 17.1 Å². The number of nitrogens with two attached hydrogens (primary N) is 2. The molecule has 5 aromatic rings. The lowest BCUT2D eigenvalue weighted by Crippen LogP contribution is -2.31. The zero-order chi connectivity index (χ0) is 24.5. The molecule has 1 aliphatic rings. The number of fused-ring (bicyclic) bond motifs is 1. The molecule has 0 saturated carbocycles. The topological polar surface area (TPSA) is 89.9 Å². The number of aromatic amines is 1. The summed E-state index contributed by atoms with van der Waals surface area (Å²) < 4.78 is 6.57. The van der Waals surface area contributed by atoms with Crippen LogP contribution in [0, 0.1) is 0 Å². The molecule has 1 unspecified atom stereocenters. The molecule has 0 aliphatic heterocycles. The van der Waals surface area contributed by atoms with Crippen molar-refractivity contribution >= 4 is 28.0 Å². The highest BCUT2D eigenvalue weighted by Gasteiger charge is 2.33. The molecule has 0 bridgehead atoms. The third-order valence-corrected chi connectivity index (χ3v) is 6.60. The summed E-state index contributed by atoms with van der Waals surface area (Å²) in [5.41, 5.74) is 18.9. The first kappa shape index (κ1) is 21.7. The minimum Gasteiger partial charge on any atom is -0.478 e. The van der Waals surface area contributed by atoms with Gasteiger partial charge >= 0.3 is 0 Å². The molecule has 5 N–H and O–H groups in total. The quantitative estimate of drug-likeness (QED) is 0.249. The van der Waals surface area contributed by atoms with Crippen molar-refractivity contribution in [1.29, 1.82) is 0 Å². The van der Waals surface area contributed by atoms with Crippen LogP contribution in [0.15, 0.2) is 115 Å². The van der Waals surface area contributed by atoms with Gasteiger partial charge in [-0.15, -0.1) is 0 Å². The van der Waals surface area contributed by atoms with Crippen LogP contribution in [0.5, 0.6) is 5.75 Å². The highest BCUT2D eigenvalue weighted by atomic mass is 16.5. The molecule has 1 heterocycles. The van der Waals surface area contributed by atoms with Gasteiger partial charge in [-0.1, -0.05) is 66.7 Å². The highest BCUT2D eigenvalue weighted by molar-refractivity contribution is 5.83. The SMILES string of the molecule is Nc1ccc(OC2(c3ccccc3)C=CC(c3ccc(-c4nc5ccc(N)cc5[nH]4)cc3)=CC2)cc1. The van der Waals surface area contributed by atoms with E-state index < -0.39 is 5.60 Å². The second-order valence-corrected chi connectivity index (χ2v) is 9.06. The number of aromatic nitrogens is 2. The lowest BCUT2D eigenvalue weighted by atomic mass is 9.83. The van der Waals surface area contributed by atoms with Crippen molar-refractivity contribution in [2.45, 2.75) is 12.0 Å². The summed E-state index contributed by atoms with van der Waals surface area (Å²) in [6, 6.07) is 32.0. The third kappa shape index (κ3) is 4.12. The van der Waals surface area contributed by atoms with E-state index in [1.165, 1.54) is 0 Å². The van der Waals surface area contributed by atoms with Crippen molar-refractivity contribution in [2.24, 2.45) is 0 Å². The number of hydrogen-bond acceptors (Lipinski definition) is 4. The van der Waals surface area contributed by atoms with Crippen LogP contribution in [0.4, 0.5) is 11.4 Å². The molecule has 0 radical (unpaired) electrons. The Labute approximate surface area is 209 Å². The zero-order valence-electron chi connectivity index (χ0n) is 19.7. The number of anilines is 2. The van der Waals surface area contributed by atoms with Crippen molar-refractivity contribution < 1.29 is 4.74 Å². The van der Waals surface area contributed by atoms with E-state index in [0.29, 0.717) is 12.1 Å². The maximum atomic E-state index is 6.57. The summed E-state index contributed by atoms with van der Waals surface area (Å²) in [6.07, 6.45) is 7.25. The number of allylic oxidation sites excluding steroid dienone is 2. The first-order chi connectivity index (χ1) is 17.6. The minimum absolute atomic E-state index is 0.586. The maximum Gasteiger partial charge on any atom is 0.156 e. The molecule has 0 spiro atoms. The number of ether oxygens (including phenoxy) is 1. The number of hydrogen-bond donors (Lipinski definition) is 3. The first-order valence-corrected chi connectivity index (χ1v) is 11.9. The molecule has 5 nitrogen and oxygen atoms in total. The number of rotatable bonds is 5. The van der Waals surface area contributed by atoms with Gasteiger partial charge in [0.05, 0.1) is 11.0 Å². The van der Waals surface area contributed by atoms with Crippen LogP contribution < -0.4 is 16.2 Å². The Kier molecular flexibility index (Phi) is 5.30. The Hall–Kier alpha value is -4.77. The number of imidazole rings is 1.